The monoisotopic (exact) mass is 419 g/mol. The first-order valence-corrected chi connectivity index (χ1v) is 10.6. The smallest absolute Gasteiger partial charge is 0.251 e. The molecule has 1 heterocycles. The minimum Gasteiger partial charge on any atom is -0.378 e. The molecule has 4 nitrogen and oxygen atoms in total. The highest BCUT2D eigenvalue weighted by molar-refractivity contribution is 6.30. The van der Waals surface area contributed by atoms with Crippen molar-refractivity contribution in [3.05, 3.63) is 94.5 Å². The molecule has 1 amide bonds. The molecule has 0 aliphatic carbocycles. The van der Waals surface area contributed by atoms with E-state index in [1.54, 1.807) is 24.3 Å². The van der Waals surface area contributed by atoms with Gasteiger partial charge in [-0.05, 0) is 60.0 Å². The summed E-state index contributed by atoms with van der Waals surface area (Å²) in [5, 5.41) is 3.75. The molecular weight excluding hydrogens is 394 g/mol. The number of rotatable bonds is 6. The molecule has 1 aliphatic heterocycles. The molecule has 0 radical (unpaired) electrons. The van der Waals surface area contributed by atoms with Crippen LogP contribution in [-0.4, -0.2) is 33.1 Å². The van der Waals surface area contributed by atoms with Crippen LogP contribution >= 0.6 is 11.6 Å². The zero-order chi connectivity index (χ0) is 21.1. The van der Waals surface area contributed by atoms with E-state index in [2.05, 4.69) is 63.6 Å². The Morgan fingerprint density at radius 3 is 2.43 bits per heavy atom. The van der Waals surface area contributed by atoms with Crippen molar-refractivity contribution in [1.82, 2.24) is 5.32 Å². The van der Waals surface area contributed by atoms with Crippen LogP contribution < -0.4 is 15.1 Å². The summed E-state index contributed by atoms with van der Waals surface area (Å²) in [5.41, 5.74) is 5.57. The first-order valence-electron chi connectivity index (χ1n) is 10.2. The summed E-state index contributed by atoms with van der Waals surface area (Å²) in [6.07, 6.45) is 1.02. The Morgan fingerprint density at radius 1 is 1.03 bits per heavy atom. The molecule has 3 aromatic rings. The van der Waals surface area contributed by atoms with Crippen molar-refractivity contribution in [3.8, 4) is 0 Å². The highest BCUT2D eigenvalue weighted by Gasteiger charge is 2.27. The summed E-state index contributed by atoms with van der Waals surface area (Å²) >= 11 is 5.95. The number of halogens is 1. The normalized spacial score (nSPS) is 13.6. The molecule has 5 heteroatoms. The number of fused-ring (bicyclic) bond motifs is 1. The lowest BCUT2D eigenvalue weighted by Gasteiger charge is -2.31. The average molecular weight is 420 g/mol. The Balaban J connectivity index is 1.59. The summed E-state index contributed by atoms with van der Waals surface area (Å²) < 4.78 is 0. The Morgan fingerprint density at radius 2 is 1.73 bits per heavy atom. The van der Waals surface area contributed by atoms with Gasteiger partial charge in [-0.25, -0.2) is 0 Å². The second-order valence-corrected chi connectivity index (χ2v) is 8.23. The third kappa shape index (κ3) is 4.29. The van der Waals surface area contributed by atoms with Crippen LogP contribution in [0.3, 0.4) is 0 Å². The van der Waals surface area contributed by atoms with Gasteiger partial charge in [-0.1, -0.05) is 41.9 Å². The van der Waals surface area contributed by atoms with E-state index >= 15 is 0 Å². The number of benzene rings is 3. The van der Waals surface area contributed by atoms with Crippen molar-refractivity contribution in [2.75, 3.05) is 37.0 Å². The number of nitrogens with one attached hydrogen (secondary N) is 1. The minimum atomic E-state index is -0.0888. The van der Waals surface area contributed by atoms with Gasteiger partial charge in [0.2, 0.25) is 0 Å². The van der Waals surface area contributed by atoms with Gasteiger partial charge in [0.05, 0.1) is 6.04 Å². The fourth-order valence-electron chi connectivity index (χ4n) is 3.98. The van der Waals surface area contributed by atoms with Crippen molar-refractivity contribution < 1.29 is 4.79 Å². The molecule has 0 unspecified atom stereocenters. The van der Waals surface area contributed by atoms with Crippen LogP contribution in [0.1, 0.15) is 27.5 Å². The van der Waals surface area contributed by atoms with Crippen LogP contribution in [0, 0.1) is 0 Å². The van der Waals surface area contributed by atoms with Gasteiger partial charge < -0.3 is 15.1 Å². The SMILES string of the molecule is CN(C)c1ccc([C@H](CNC(=O)c2ccc(Cl)cc2)N2CCc3ccccc32)cc1. The molecule has 0 bridgehead atoms. The predicted octanol–water partition coefficient (Wildman–Crippen LogP) is 4.94. The number of carbonyl (C=O) groups is 1. The number of para-hydroxylation sites is 1. The quantitative estimate of drug-likeness (QED) is 0.614. The second-order valence-electron chi connectivity index (χ2n) is 7.79. The van der Waals surface area contributed by atoms with E-state index in [0.29, 0.717) is 17.1 Å². The standard InChI is InChI=1S/C25H26ClN3O/c1-28(2)22-13-9-19(10-14-22)24(29-16-15-18-5-3-4-6-23(18)29)17-27-25(30)20-7-11-21(26)12-8-20/h3-14,24H,15-17H2,1-2H3,(H,27,30)/t24-/m0/s1. The fourth-order valence-corrected chi connectivity index (χ4v) is 4.11. The molecule has 3 aromatic carbocycles. The third-order valence-corrected chi connectivity index (χ3v) is 5.91. The first-order chi connectivity index (χ1) is 14.5. The average Bonchev–Trinajstić information content (AvgIpc) is 3.19. The van der Waals surface area contributed by atoms with Gasteiger partial charge in [0, 0.05) is 49.1 Å². The molecule has 1 N–H and O–H groups in total. The van der Waals surface area contributed by atoms with Gasteiger partial charge in [-0.15, -0.1) is 0 Å². The van der Waals surface area contributed by atoms with Crippen LogP contribution in [0.2, 0.25) is 5.02 Å². The van der Waals surface area contributed by atoms with Crippen molar-refractivity contribution >= 4 is 28.9 Å². The molecule has 0 fully saturated rings. The highest BCUT2D eigenvalue weighted by atomic mass is 35.5. The lowest BCUT2D eigenvalue weighted by molar-refractivity contribution is 0.0951. The maximum Gasteiger partial charge on any atom is 0.251 e. The highest BCUT2D eigenvalue weighted by Crippen LogP contribution is 2.35. The first kappa shape index (κ1) is 20.3. The molecule has 1 atom stereocenters. The van der Waals surface area contributed by atoms with Gasteiger partial charge >= 0.3 is 0 Å². The van der Waals surface area contributed by atoms with E-state index in [1.165, 1.54) is 16.8 Å². The van der Waals surface area contributed by atoms with Crippen molar-refractivity contribution in [1.29, 1.82) is 0 Å². The lowest BCUT2D eigenvalue weighted by atomic mass is 10.0. The van der Waals surface area contributed by atoms with E-state index < -0.39 is 0 Å². The third-order valence-electron chi connectivity index (χ3n) is 5.66. The zero-order valence-electron chi connectivity index (χ0n) is 17.3. The zero-order valence-corrected chi connectivity index (χ0v) is 18.1. The topological polar surface area (TPSA) is 35.6 Å². The molecule has 0 aromatic heterocycles. The number of hydrogen-bond donors (Lipinski definition) is 1. The Bertz CT molecular complexity index is 1020. The van der Waals surface area contributed by atoms with Gasteiger partial charge in [-0.2, -0.15) is 0 Å². The van der Waals surface area contributed by atoms with Crippen LogP contribution in [-0.2, 0) is 6.42 Å². The Hall–Kier alpha value is -2.98. The Labute approximate surface area is 183 Å². The molecule has 0 spiro atoms. The molecule has 0 saturated carbocycles. The summed E-state index contributed by atoms with van der Waals surface area (Å²) in [6, 6.07) is 24.2. The van der Waals surface area contributed by atoms with Crippen LogP contribution in [0.25, 0.3) is 0 Å². The van der Waals surface area contributed by atoms with E-state index in [1.807, 2.05) is 14.1 Å². The maximum atomic E-state index is 12.7. The number of amides is 1. The summed E-state index contributed by atoms with van der Waals surface area (Å²) in [5.74, 6) is -0.0888. The van der Waals surface area contributed by atoms with E-state index in [9.17, 15) is 4.79 Å². The molecule has 1 aliphatic rings. The summed E-state index contributed by atoms with van der Waals surface area (Å²) in [7, 11) is 4.07. The van der Waals surface area contributed by atoms with Crippen molar-refractivity contribution in [2.45, 2.75) is 12.5 Å². The van der Waals surface area contributed by atoms with E-state index in [-0.39, 0.29) is 11.9 Å². The second kappa shape index (κ2) is 8.80. The van der Waals surface area contributed by atoms with Crippen molar-refractivity contribution in [2.24, 2.45) is 0 Å². The summed E-state index contributed by atoms with van der Waals surface area (Å²) in [4.78, 5) is 17.2. The number of carbonyl (C=O) groups excluding carboxylic acids is 1. The Kier molecular flexibility index (Phi) is 5.96. The number of anilines is 2. The van der Waals surface area contributed by atoms with Crippen LogP contribution in [0.4, 0.5) is 11.4 Å². The fraction of sp³-hybridized carbons (Fsp3) is 0.240. The maximum absolute atomic E-state index is 12.7. The lowest BCUT2D eigenvalue weighted by Crippen LogP contribution is -2.37. The largest absolute Gasteiger partial charge is 0.378 e. The number of hydrogen-bond acceptors (Lipinski definition) is 3. The van der Waals surface area contributed by atoms with Gasteiger partial charge in [-0.3, -0.25) is 4.79 Å². The van der Waals surface area contributed by atoms with E-state index in [4.69, 9.17) is 11.6 Å². The molecular formula is C25H26ClN3O. The summed E-state index contributed by atoms with van der Waals surface area (Å²) in [6.45, 7) is 1.47. The van der Waals surface area contributed by atoms with Gasteiger partial charge in [0.15, 0.2) is 0 Å². The van der Waals surface area contributed by atoms with E-state index in [0.717, 1.165) is 18.7 Å². The predicted molar refractivity (Wildman–Crippen MR) is 125 cm³/mol. The van der Waals surface area contributed by atoms with Crippen LogP contribution in [0.5, 0.6) is 0 Å². The molecule has 154 valence electrons. The molecule has 4 rings (SSSR count). The van der Waals surface area contributed by atoms with Gasteiger partial charge in [0.25, 0.3) is 5.91 Å². The molecule has 30 heavy (non-hydrogen) atoms. The minimum absolute atomic E-state index is 0.0566. The molecule has 0 saturated heterocycles. The van der Waals surface area contributed by atoms with Gasteiger partial charge in [0.1, 0.15) is 0 Å². The number of nitrogens with zero attached hydrogens (tertiary/aromatic N) is 2. The van der Waals surface area contributed by atoms with Crippen LogP contribution in [0.15, 0.2) is 72.8 Å². The van der Waals surface area contributed by atoms with Crippen molar-refractivity contribution in [3.63, 3.8) is 0 Å².